The molecule has 1 heterocycles. The van der Waals surface area contributed by atoms with Gasteiger partial charge in [-0.3, -0.25) is 4.79 Å². The van der Waals surface area contributed by atoms with Crippen LogP contribution in [0.25, 0.3) is 10.9 Å². The number of amides is 1. The largest absolute Gasteiger partial charge is 0.410 e. The molecule has 1 aromatic heterocycles. The SMILES string of the molecule is O=C(NCCS)/C(Cc1c[nH]c2ccc(Br)cc12)=N/O. The molecule has 2 aromatic rings. The third-order valence-corrected chi connectivity index (χ3v) is 3.58. The third kappa shape index (κ3) is 3.34. The molecular formula is C13H14BrN3O2S. The molecule has 5 nitrogen and oxygen atoms in total. The summed E-state index contributed by atoms with van der Waals surface area (Å²) in [5.41, 5.74) is 1.94. The van der Waals surface area contributed by atoms with Crippen molar-refractivity contribution < 1.29 is 10.0 Å². The van der Waals surface area contributed by atoms with Gasteiger partial charge in [0.05, 0.1) is 0 Å². The number of oxime groups is 1. The number of carbonyl (C=O) groups is 1. The molecule has 0 saturated carbocycles. The van der Waals surface area contributed by atoms with Gasteiger partial charge >= 0.3 is 0 Å². The molecule has 1 amide bonds. The molecule has 2 rings (SSSR count). The van der Waals surface area contributed by atoms with Crippen LogP contribution in [0.4, 0.5) is 0 Å². The summed E-state index contributed by atoms with van der Waals surface area (Å²) in [7, 11) is 0. The average Bonchev–Trinajstić information content (AvgIpc) is 2.84. The van der Waals surface area contributed by atoms with Crippen LogP contribution in [0.3, 0.4) is 0 Å². The molecule has 0 aliphatic carbocycles. The Morgan fingerprint density at radius 2 is 2.30 bits per heavy atom. The summed E-state index contributed by atoms with van der Waals surface area (Å²) in [5, 5.41) is 15.7. The Labute approximate surface area is 130 Å². The van der Waals surface area contributed by atoms with Gasteiger partial charge in [-0.05, 0) is 23.8 Å². The van der Waals surface area contributed by atoms with Gasteiger partial charge in [-0.2, -0.15) is 12.6 Å². The van der Waals surface area contributed by atoms with Crippen LogP contribution in [-0.4, -0.2) is 34.1 Å². The Bertz CT molecular complexity index is 654. The van der Waals surface area contributed by atoms with Crippen LogP contribution in [0.1, 0.15) is 5.56 Å². The number of thiol groups is 1. The molecule has 106 valence electrons. The maximum absolute atomic E-state index is 11.8. The van der Waals surface area contributed by atoms with Crippen molar-refractivity contribution in [3.05, 3.63) is 34.4 Å². The van der Waals surface area contributed by atoms with Crippen molar-refractivity contribution in [1.82, 2.24) is 10.3 Å². The molecule has 0 radical (unpaired) electrons. The van der Waals surface area contributed by atoms with Gasteiger partial charge in [0.1, 0.15) is 5.71 Å². The molecule has 1 aromatic carbocycles. The van der Waals surface area contributed by atoms with Gasteiger partial charge in [0.15, 0.2) is 0 Å². The molecule has 7 heteroatoms. The first-order valence-corrected chi connectivity index (χ1v) is 7.43. The third-order valence-electron chi connectivity index (χ3n) is 2.87. The zero-order chi connectivity index (χ0) is 14.5. The minimum atomic E-state index is -0.383. The average molecular weight is 356 g/mol. The molecule has 0 aliphatic rings. The Balaban J connectivity index is 2.22. The summed E-state index contributed by atoms with van der Waals surface area (Å²) < 4.78 is 0.952. The fourth-order valence-electron chi connectivity index (χ4n) is 1.91. The van der Waals surface area contributed by atoms with E-state index >= 15 is 0 Å². The van der Waals surface area contributed by atoms with E-state index in [2.05, 4.69) is 44.0 Å². The zero-order valence-corrected chi connectivity index (χ0v) is 13.0. The fourth-order valence-corrected chi connectivity index (χ4v) is 2.38. The minimum absolute atomic E-state index is 0.0765. The number of nitrogens with zero attached hydrogens (tertiary/aromatic N) is 1. The summed E-state index contributed by atoms with van der Waals surface area (Å²) in [4.78, 5) is 14.9. The molecule has 3 N–H and O–H groups in total. The summed E-state index contributed by atoms with van der Waals surface area (Å²) in [6.45, 7) is 0.431. The van der Waals surface area contributed by atoms with E-state index in [-0.39, 0.29) is 18.0 Å². The molecule has 0 fully saturated rings. The number of hydrogen-bond acceptors (Lipinski definition) is 4. The number of hydrogen-bond donors (Lipinski definition) is 4. The van der Waals surface area contributed by atoms with Crippen LogP contribution >= 0.6 is 28.6 Å². The number of nitrogens with one attached hydrogen (secondary N) is 2. The smallest absolute Gasteiger partial charge is 0.269 e. The summed E-state index contributed by atoms with van der Waals surface area (Å²) >= 11 is 7.43. The van der Waals surface area contributed by atoms with Crippen LogP contribution in [0.2, 0.25) is 0 Å². The molecule has 0 unspecified atom stereocenters. The number of benzene rings is 1. The molecule has 0 bridgehead atoms. The maximum Gasteiger partial charge on any atom is 0.269 e. The monoisotopic (exact) mass is 355 g/mol. The van der Waals surface area contributed by atoms with Crippen molar-refractivity contribution in [3.8, 4) is 0 Å². The van der Waals surface area contributed by atoms with Gasteiger partial charge in [-0.1, -0.05) is 21.1 Å². The van der Waals surface area contributed by atoms with Crippen molar-refractivity contribution in [2.24, 2.45) is 5.16 Å². The van der Waals surface area contributed by atoms with E-state index in [1.807, 2.05) is 24.4 Å². The van der Waals surface area contributed by atoms with Gasteiger partial charge in [-0.25, -0.2) is 0 Å². The van der Waals surface area contributed by atoms with E-state index in [9.17, 15) is 4.79 Å². The zero-order valence-electron chi connectivity index (χ0n) is 10.6. The number of aromatic nitrogens is 1. The highest BCUT2D eigenvalue weighted by Gasteiger charge is 2.15. The van der Waals surface area contributed by atoms with Crippen molar-refractivity contribution in [1.29, 1.82) is 0 Å². The second kappa shape index (κ2) is 6.81. The first-order chi connectivity index (χ1) is 9.65. The van der Waals surface area contributed by atoms with Crippen LogP contribution in [0.5, 0.6) is 0 Å². The predicted octanol–water partition coefficient (Wildman–Crippen LogP) is 2.35. The highest BCUT2D eigenvalue weighted by atomic mass is 79.9. The summed E-state index contributed by atoms with van der Waals surface area (Å²) in [5.74, 6) is 0.149. The van der Waals surface area contributed by atoms with Crippen LogP contribution in [-0.2, 0) is 11.2 Å². The Hall–Kier alpha value is -1.47. The lowest BCUT2D eigenvalue weighted by atomic mass is 10.1. The maximum atomic E-state index is 11.8. The number of aromatic amines is 1. The Morgan fingerprint density at radius 1 is 1.50 bits per heavy atom. The van der Waals surface area contributed by atoms with Gasteiger partial charge in [0.25, 0.3) is 5.91 Å². The van der Waals surface area contributed by atoms with Crippen molar-refractivity contribution in [2.75, 3.05) is 12.3 Å². The normalized spacial score (nSPS) is 11.8. The van der Waals surface area contributed by atoms with Gasteiger partial charge in [0.2, 0.25) is 0 Å². The number of H-pyrrole nitrogens is 1. The van der Waals surface area contributed by atoms with Crippen molar-refractivity contribution >= 4 is 51.1 Å². The van der Waals surface area contributed by atoms with E-state index < -0.39 is 0 Å². The first-order valence-electron chi connectivity index (χ1n) is 6.01. The van der Waals surface area contributed by atoms with E-state index in [1.54, 1.807) is 0 Å². The van der Waals surface area contributed by atoms with Gasteiger partial charge in [0, 0.05) is 40.3 Å². The molecule has 0 aliphatic heterocycles. The summed E-state index contributed by atoms with van der Waals surface area (Å²) in [6.07, 6.45) is 2.07. The first kappa shape index (κ1) is 14.9. The van der Waals surface area contributed by atoms with Gasteiger partial charge in [-0.15, -0.1) is 0 Å². The van der Waals surface area contributed by atoms with E-state index in [0.717, 1.165) is 20.9 Å². The topological polar surface area (TPSA) is 77.5 Å². The summed E-state index contributed by atoms with van der Waals surface area (Å²) in [6, 6.07) is 5.84. The van der Waals surface area contributed by atoms with Crippen LogP contribution < -0.4 is 5.32 Å². The fraction of sp³-hybridized carbons (Fsp3) is 0.231. The second-order valence-corrected chi connectivity index (χ2v) is 5.57. The highest BCUT2D eigenvalue weighted by Crippen LogP contribution is 2.23. The second-order valence-electron chi connectivity index (χ2n) is 4.21. The molecule has 20 heavy (non-hydrogen) atoms. The lowest BCUT2D eigenvalue weighted by Gasteiger charge is -2.05. The number of halogens is 1. The molecule has 0 spiro atoms. The Kier molecular flexibility index (Phi) is 5.08. The highest BCUT2D eigenvalue weighted by molar-refractivity contribution is 9.10. The minimum Gasteiger partial charge on any atom is -0.410 e. The van der Waals surface area contributed by atoms with Crippen molar-refractivity contribution in [3.63, 3.8) is 0 Å². The van der Waals surface area contributed by atoms with E-state index in [0.29, 0.717) is 12.3 Å². The Morgan fingerprint density at radius 3 is 3.00 bits per heavy atom. The van der Waals surface area contributed by atoms with Crippen LogP contribution in [0.15, 0.2) is 34.0 Å². The molecule has 0 saturated heterocycles. The standard InChI is InChI=1S/C13H14BrN3O2S/c14-9-1-2-11-10(6-9)8(7-16-11)5-12(17-19)13(18)15-3-4-20/h1-2,6-7,16,19-20H,3-5H2,(H,15,18)/b17-12+. The number of fused-ring (bicyclic) bond motifs is 1. The van der Waals surface area contributed by atoms with E-state index in [4.69, 9.17) is 5.21 Å². The number of rotatable bonds is 5. The van der Waals surface area contributed by atoms with Gasteiger partial charge < -0.3 is 15.5 Å². The molecule has 0 atom stereocenters. The predicted molar refractivity (Wildman–Crippen MR) is 85.8 cm³/mol. The quantitative estimate of drug-likeness (QED) is 0.287. The lowest BCUT2D eigenvalue weighted by molar-refractivity contribution is -0.114. The van der Waals surface area contributed by atoms with Crippen molar-refractivity contribution in [2.45, 2.75) is 6.42 Å². The van der Waals surface area contributed by atoms with E-state index in [1.165, 1.54) is 0 Å². The lowest BCUT2D eigenvalue weighted by Crippen LogP contribution is -2.33. The molecular weight excluding hydrogens is 342 g/mol. The van der Waals surface area contributed by atoms with Crippen LogP contribution in [0, 0.1) is 0 Å². The number of carbonyl (C=O) groups excluding carboxylic acids is 1.